The van der Waals surface area contributed by atoms with Crippen LogP contribution in [0.5, 0.6) is 0 Å². The van der Waals surface area contributed by atoms with Gasteiger partial charge in [-0.05, 0) is 43.4 Å². The third-order valence-corrected chi connectivity index (χ3v) is 6.70. The quantitative estimate of drug-likeness (QED) is 0.436. The Balaban J connectivity index is 2.30. The topological polar surface area (TPSA) is 104 Å². The molecule has 2 rings (SSSR count). The molecule has 0 bridgehead atoms. The summed E-state index contributed by atoms with van der Waals surface area (Å²) in [6.07, 6.45) is 4.11. The minimum atomic E-state index is -1.02. The maximum atomic E-state index is 13.7. The number of amides is 2. The first-order chi connectivity index (χ1) is 16.7. The predicted octanol–water partition coefficient (Wildman–Crippen LogP) is 3.35. The number of nitrogens with one attached hydrogen (secondary N) is 2. The number of rotatable bonds is 10. The largest absolute Gasteiger partial charge is 0.478 e. The van der Waals surface area contributed by atoms with Crippen LogP contribution < -0.4 is 10.6 Å². The van der Waals surface area contributed by atoms with E-state index in [1.54, 1.807) is 25.1 Å². The fourth-order valence-corrected chi connectivity index (χ4v) is 4.45. The van der Waals surface area contributed by atoms with E-state index in [1.807, 2.05) is 76.7 Å². The van der Waals surface area contributed by atoms with Gasteiger partial charge in [-0.1, -0.05) is 58.9 Å². The van der Waals surface area contributed by atoms with Crippen molar-refractivity contribution in [3.05, 3.63) is 47.7 Å². The molecule has 1 aromatic carbocycles. The van der Waals surface area contributed by atoms with Gasteiger partial charge in [0.2, 0.25) is 11.8 Å². The van der Waals surface area contributed by atoms with Crippen molar-refractivity contribution in [3.8, 4) is 0 Å². The molecule has 1 aromatic heterocycles. The second-order valence-corrected chi connectivity index (χ2v) is 11.0. The number of para-hydroxylation sites is 1. The van der Waals surface area contributed by atoms with E-state index >= 15 is 0 Å². The normalized spacial score (nSPS) is 15.0. The Morgan fingerprint density at radius 3 is 2.31 bits per heavy atom. The average molecular weight is 499 g/mol. The Kier molecular flexibility index (Phi) is 9.49. The molecule has 8 heteroatoms. The number of benzene rings is 1. The van der Waals surface area contributed by atoms with Crippen LogP contribution in [0.4, 0.5) is 0 Å². The van der Waals surface area contributed by atoms with E-state index in [2.05, 4.69) is 10.6 Å². The highest BCUT2D eigenvalue weighted by molar-refractivity contribution is 5.92. The standard InChI is InChI=1S/C28H42N4O4/c1-17(2)23(14-18(3)27(35)36)32(9)26(34)24(28(4,5)6)30-25(33)21(29-7)15-19-16-31(8)22-13-11-10-12-20(19)22/h10-14,16-17,21,23-24,29H,15H2,1-9H3,(H,30,33)(H,35,36)/b18-14+/t21-,23+,24+/m0/s1. The second kappa shape index (κ2) is 11.7. The smallest absolute Gasteiger partial charge is 0.331 e. The van der Waals surface area contributed by atoms with E-state index < -0.39 is 29.5 Å². The number of aryl methyl sites for hydroxylation is 1. The molecule has 3 atom stereocenters. The van der Waals surface area contributed by atoms with E-state index in [0.717, 1.165) is 16.5 Å². The summed E-state index contributed by atoms with van der Waals surface area (Å²) in [5.74, 6) is -1.55. The number of carbonyl (C=O) groups is 3. The molecule has 8 nitrogen and oxygen atoms in total. The molecule has 3 N–H and O–H groups in total. The summed E-state index contributed by atoms with van der Waals surface area (Å²) < 4.78 is 2.05. The van der Waals surface area contributed by atoms with Crippen LogP contribution in [0.3, 0.4) is 0 Å². The molecule has 0 spiro atoms. The van der Waals surface area contributed by atoms with E-state index in [4.69, 9.17) is 0 Å². The van der Waals surface area contributed by atoms with Crippen molar-refractivity contribution in [2.75, 3.05) is 14.1 Å². The molecular formula is C28H42N4O4. The predicted molar refractivity (Wildman–Crippen MR) is 144 cm³/mol. The zero-order valence-corrected chi connectivity index (χ0v) is 23.0. The number of carbonyl (C=O) groups excluding carboxylic acids is 2. The summed E-state index contributed by atoms with van der Waals surface area (Å²) in [7, 11) is 5.38. The van der Waals surface area contributed by atoms with Crippen LogP contribution in [0.25, 0.3) is 10.9 Å². The molecule has 0 aliphatic rings. The van der Waals surface area contributed by atoms with Crippen molar-refractivity contribution in [2.45, 2.75) is 66.1 Å². The van der Waals surface area contributed by atoms with E-state index in [-0.39, 0.29) is 23.3 Å². The molecule has 0 saturated heterocycles. The Morgan fingerprint density at radius 1 is 1.17 bits per heavy atom. The highest BCUT2D eigenvalue weighted by Crippen LogP contribution is 2.25. The lowest BCUT2D eigenvalue weighted by Gasteiger charge is -2.38. The zero-order chi connectivity index (χ0) is 27.4. The third-order valence-electron chi connectivity index (χ3n) is 6.70. The Labute approximate surface area is 214 Å². The number of carboxylic acid groups (broad SMARTS) is 1. The van der Waals surface area contributed by atoms with Gasteiger partial charge in [0.05, 0.1) is 12.1 Å². The molecule has 0 aliphatic carbocycles. The van der Waals surface area contributed by atoms with Gasteiger partial charge < -0.3 is 25.2 Å². The molecule has 0 radical (unpaired) electrons. The lowest BCUT2D eigenvalue weighted by molar-refractivity contribution is -0.140. The van der Waals surface area contributed by atoms with Crippen LogP contribution in [0.2, 0.25) is 0 Å². The first kappa shape index (κ1) is 29.1. The summed E-state index contributed by atoms with van der Waals surface area (Å²) in [4.78, 5) is 40.1. The zero-order valence-electron chi connectivity index (χ0n) is 23.0. The second-order valence-electron chi connectivity index (χ2n) is 11.0. The van der Waals surface area contributed by atoms with Crippen LogP contribution in [0.1, 0.15) is 47.1 Å². The van der Waals surface area contributed by atoms with Gasteiger partial charge in [-0.3, -0.25) is 9.59 Å². The summed E-state index contributed by atoms with van der Waals surface area (Å²) in [6.45, 7) is 11.1. The average Bonchev–Trinajstić information content (AvgIpc) is 3.12. The van der Waals surface area contributed by atoms with Crippen LogP contribution in [0.15, 0.2) is 42.1 Å². The number of aromatic nitrogens is 1. The van der Waals surface area contributed by atoms with Crippen LogP contribution >= 0.6 is 0 Å². The number of aliphatic carboxylic acids is 1. The van der Waals surface area contributed by atoms with Crippen molar-refractivity contribution in [2.24, 2.45) is 18.4 Å². The van der Waals surface area contributed by atoms with Crippen molar-refractivity contribution < 1.29 is 19.5 Å². The van der Waals surface area contributed by atoms with Crippen LogP contribution in [-0.4, -0.2) is 64.6 Å². The molecule has 0 fully saturated rings. The first-order valence-corrected chi connectivity index (χ1v) is 12.4. The molecule has 0 saturated carbocycles. The van der Waals surface area contributed by atoms with Gasteiger partial charge in [-0.2, -0.15) is 0 Å². The van der Waals surface area contributed by atoms with Gasteiger partial charge in [0.1, 0.15) is 6.04 Å². The van der Waals surface area contributed by atoms with E-state index in [9.17, 15) is 19.5 Å². The third kappa shape index (κ3) is 6.75. The highest BCUT2D eigenvalue weighted by atomic mass is 16.4. The van der Waals surface area contributed by atoms with Crippen LogP contribution in [0, 0.1) is 11.3 Å². The van der Waals surface area contributed by atoms with E-state index in [0.29, 0.717) is 6.42 Å². The number of hydrogen-bond donors (Lipinski definition) is 3. The van der Waals surface area contributed by atoms with Crippen molar-refractivity contribution in [1.29, 1.82) is 0 Å². The first-order valence-electron chi connectivity index (χ1n) is 12.4. The summed E-state index contributed by atoms with van der Waals surface area (Å²) >= 11 is 0. The molecule has 1 heterocycles. The van der Waals surface area contributed by atoms with Crippen molar-refractivity contribution in [1.82, 2.24) is 20.1 Å². The van der Waals surface area contributed by atoms with Gasteiger partial charge in [-0.25, -0.2) is 4.79 Å². The molecule has 0 aliphatic heterocycles. The number of fused-ring (bicyclic) bond motifs is 1. The van der Waals surface area contributed by atoms with Crippen molar-refractivity contribution in [3.63, 3.8) is 0 Å². The summed E-state index contributed by atoms with van der Waals surface area (Å²) in [6, 6.07) is 6.31. The lowest BCUT2D eigenvalue weighted by atomic mass is 9.84. The number of likely N-dealkylation sites (N-methyl/N-ethyl adjacent to an activating group) is 2. The fraction of sp³-hybridized carbons (Fsp3) is 0.536. The van der Waals surface area contributed by atoms with Gasteiger partial charge in [0.15, 0.2) is 0 Å². The molecule has 36 heavy (non-hydrogen) atoms. The Hall–Kier alpha value is -3.13. The number of hydrogen-bond acceptors (Lipinski definition) is 4. The van der Waals surface area contributed by atoms with Crippen LogP contribution in [-0.2, 0) is 27.9 Å². The highest BCUT2D eigenvalue weighted by Gasteiger charge is 2.38. The number of nitrogens with zero attached hydrogens (tertiary/aromatic N) is 2. The van der Waals surface area contributed by atoms with Gasteiger partial charge in [-0.15, -0.1) is 0 Å². The fourth-order valence-electron chi connectivity index (χ4n) is 4.45. The summed E-state index contributed by atoms with van der Waals surface area (Å²) in [5.41, 5.74) is 1.75. The van der Waals surface area contributed by atoms with E-state index in [1.165, 1.54) is 6.92 Å². The van der Waals surface area contributed by atoms with Gasteiger partial charge in [0, 0.05) is 36.8 Å². The maximum absolute atomic E-state index is 13.7. The SMILES string of the molecule is CN[C@@H](Cc1cn(C)c2ccccc12)C(=O)N[C@H](C(=O)N(C)[C@H](/C=C(\C)C(=O)O)C(C)C)C(C)(C)C. The lowest BCUT2D eigenvalue weighted by Crippen LogP contribution is -2.59. The summed E-state index contributed by atoms with van der Waals surface area (Å²) in [5, 5.41) is 16.5. The monoisotopic (exact) mass is 498 g/mol. The maximum Gasteiger partial charge on any atom is 0.331 e. The molecular weight excluding hydrogens is 456 g/mol. The minimum Gasteiger partial charge on any atom is -0.478 e. The van der Waals surface area contributed by atoms with Crippen molar-refractivity contribution >= 4 is 28.7 Å². The molecule has 198 valence electrons. The van der Waals surface area contributed by atoms with Gasteiger partial charge >= 0.3 is 5.97 Å². The minimum absolute atomic E-state index is 0.0130. The number of carboxylic acids is 1. The molecule has 0 unspecified atom stereocenters. The Bertz CT molecular complexity index is 1130. The Morgan fingerprint density at radius 2 is 1.78 bits per heavy atom. The molecule has 2 aromatic rings. The molecule has 2 amide bonds. The van der Waals surface area contributed by atoms with Gasteiger partial charge in [0.25, 0.3) is 0 Å².